The number of quaternary nitrogens is 1. The van der Waals surface area contributed by atoms with Crippen LogP contribution in [-0.2, 0) is 20.9 Å². The van der Waals surface area contributed by atoms with Crippen molar-refractivity contribution in [2.45, 2.75) is 43.9 Å². The Balaban J connectivity index is 2.43. The van der Waals surface area contributed by atoms with Gasteiger partial charge in [0.15, 0.2) is 11.5 Å². The Hall–Kier alpha value is -1.68. The van der Waals surface area contributed by atoms with E-state index in [1.165, 1.54) is 11.8 Å². The molecule has 2 atom stereocenters. The van der Waals surface area contributed by atoms with Crippen molar-refractivity contribution in [3.8, 4) is 0 Å². The Morgan fingerprint density at radius 1 is 1.34 bits per heavy atom. The summed E-state index contributed by atoms with van der Waals surface area (Å²) in [6.07, 6.45) is 2.93. The third kappa shape index (κ3) is 5.09. The van der Waals surface area contributed by atoms with Gasteiger partial charge in [-0.05, 0) is 37.1 Å². The van der Waals surface area contributed by atoms with Gasteiger partial charge in [-0.15, -0.1) is 11.8 Å². The number of hydrogen-bond donors (Lipinski definition) is 2. The SMILES string of the molecule is CCON=C(CC)C1=C(O)CC(c2ccc(SC)c([N+](C)(C)S(=O)O)c2)CC1=O. The number of aliphatic hydroxyl groups excluding tert-OH is 1. The molecule has 1 aromatic carbocycles. The molecule has 0 bridgehead atoms. The van der Waals surface area contributed by atoms with Crippen LogP contribution >= 0.6 is 11.8 Å². The second-order valence-electron chi connectivity index (χ2n) is 7.17. The molecule has 29 heavy (non-hydrogen) atoms. The highest BCUT2D eigenvalue weighted by Crippen LogP contribution is 2.39. The van der Waals surface area contributed by atoms with Gasteiger partial charge in [0.25, 0.3) is 0 Å². The molecule has 160 valence electrons. The van der Waals surface area contributed by atoms with Gasteiger partial charge in [-0.2, -0.15) is 8.10 Å². The topological polar surface area (TPSA) is 96.2 Å². The average molecular weight is 442 g/mol. The van der Waals surface area contributed by atoms with E-state index in [2.05, 4.69) is 5.16 Å². The van der Waals surface area contributed by atoms with Crippen LogP contribution in [0.4, 0.5) is 5.69 Å². The molecule has 0 spiro atoms. The van der Waals surface area contributed by atoms with Crippen LogP contribution in [-0.4, -0.2) is 52.3 Å². The van der Waals surface area contributed by atoms with E-state index in [0.29, 0.717) is 30.8 Å². The van der Waals surface area contributed by atoms with Gasteiger partial charge in [0.2, 0.25) is 0 Å². The third-order valence-corrected chi connectivity index (χ3v) is 6.77. The minimum atomic E-state index is -2.11. The number of hydrogen-bond acceptors (Lipinski definition) is 6. The number of Topliss-reactive ketones (excluding diaryl/α,β-unsaturated/α-hetero) is 1. The molecule has 9 heteroatoms. The molecular formula is C20H29N2O5S2+. The first-order valence-corrected chi connectivity index (χ1v) is 11.7. The van der Waals surface area contributed by atoms with Crippen LogP contribution < -0.4 is 3.89 Å². The van der Waals surface area contributed by atoms with Gasteiger partial charge in [-0.1, -0.05) is 18.1 Å². The van der Waals surface area contributed by atoms with E-state index in [9.17, 15) is 18.7 Å². The smallest absolute Gasteiger partial charge is 0.363 e. The summed E-state index contributed by atoms with van der Waals surface area (Å²) in [6, 6.07) is 5.68. The van der Waals surface area contributed by atoms with Crippen molar-refractivity contribution in [3.05, 3.63) is 35.1 Å². The van der Waals surface area contributed by atoms with Crippen molar-refractivity contribution in [3.63, 3.8) is 0 Å². The summed E-state index contributed by atoms with van der Waals surface area (Å²) in [6.45, 7) is 4.05. The summed E-state index contributed by atoms with van der Waals surface area (Å²) in [5.41, 5.74) is 2.27. The minimum absolute atomic E-state index is 0.0153. The van der Waals surface area contributed by atoms with E-state index in [-0.39, 0.29) is 33.3 Å². The minimum Gasteiger partial charge on any atom is -0.511 e. The van der Waals surface area contributed by atoms with Crippen LogP contribution in [0.15, 0.2) is 39.6 Å². The normalized spacial score (nSPS) is 19.4. The molecule has 1 aliphatic carbocycles. The lowest BCUT2D eigenvalue weighted by Gasteiger charge is -2.28. The summed E-state index contributed by atoms with van der Waals surface area (Å²) in [7, 11) is 3.32. The summed E-state index contributed by atoms with van der Waals surface area (Å²) in [5, 5.41) is 14.6. The average Bonchev–Trinajstić information content (AvgIpc) is 2.69. The standard InChI is InChI=1S/C20H28N2O5S2/c1-6-15(21-27-7-2)20-17(23)11-14(12-18(20)24)13-8-9-19(28-5)16(10-13)22(3,4)29(25)26/h8-10,14H,6-7,11-12H2,1-5H3,(H-,21,23,24,25,26)/p+1. The van der Waals surface area contributed by atoms with Gasteiger partial charge in [0.05, 0.1) is 30.3 Å². The summed E-state index contributed by atoms with van der Waals surface area (Å²) in [5.74, 6) is -0.367. The van der Waals surface area contributed by atoms with Crippen molar-refractivity contribution in [2.24, 2.45) is 5.16 Å². The Kier molecular flexibility index (Phi) is 8.04. The van der Waals surface area contributed by atoms with Crippen molar-refractivity contribution in [1.82, 2.24) is 3.89 Å². The Labute approximate surface area is 178 Å². The number of carbonyl (C=O) groups is 1. The number of aliphatic hydroxyl groups is 1. The van der Waals surface area contributed by atoms with Gasteiger partial charge in [0.1, 0.15) is 12.4 Å². The van der Waals surface area contributed by atoms with Crippen LogP contribution in [0.2, 0.25) is 0 Å². The van der Waals surface area contributed by atoms with Crippen molar-refractivity contribution in [2.75, 3.05) is 27.0 Å². The van der Waals surface area contributed by atoms with E-state index in [0.717, 1.165) is 10.5 Å². The number of allylic oxidation sites excluding steroid dienone is 2. The van der Waals surface area contributed by atoms with Gasteiger partial charge in [-0.25, -0.2) is 0 Å². The lowest BCUT2D eigenvalue weighted by Crippen LogP contribution is -2.42. The molecule has 0 aliphatic heterocycles. The maximum Gasteiger partial charge on any atom is 0.363 e. The number of carbonyl (C=O) groups excluding carboxylic acids is 1. The Bertz CT molecular complexity index is 864. The first-order valence-electron chi connectivity index (χ1n) is 9.45. The molecule has 0 aromatic heterocycles. The number of ketones is 1. The maximum absolute atomic E-state index is 12.8. The molecule has 0 amide bonds. The number of rotatable bonds is 8. The molecule has 2 rings (SSSR count). The third-order valence-electron chi connectivity index (χ3n) is 5.01. The predicted molar refractivity (Wildman–Crippen MR) is 119 cm³/mol. The lowest BCUT2D eigenvalue weighted by atomic mass is 9.81. The number of oxime groups is 1. The summed E-state index contributed by atoms with van der Waals surface area (Å²) < 4.78 is 21.4. The molecular weight excluding hydrogens is 412 g/mol. The zero-order valence-corrected chi connectivity index (χ0v) is 19.1. The highest BCUT2D eigenvalue weighted by Gasteiger charge is 2.34. The van der Waals surface area contributed by atoms with Crippen molar-refractivity contribution >= 4 is 40.2 Å². The van der Waals surface area contributed by atoms with Crippen LogP contribution in [0, 0.1) is 0 Å². The number of nitrogens with zero attached hydrogens (tertiary/aromatic N) is 2. The van der Waals surface area contributed by atoms with E-state index < -0.39 is 11.3 Å². The van der Waals surface area contributed by atoms with Gasteiger partial charge in [-0.3, -0.25) is 9.35 Å². The summed E-state index contributed by atoms with van der Waals surface area (Å²) in [4.78, 5) is 18.8. The molecule has 1 aromatic rings. The molecule has 0 saturated heterocycles. The molecule has 1 aliphatic rings. The van der Waals surface area contributed by atoms with E-state index in [1.807, 2.05) is 31.4 Å². The van der Waals surface area contributed by atoms with Gasteiger partial charge < -0.3 is 9.94 Å². The fourth-order valence-electron chi connectivity index (χ4n) is 3.35. The van der Waals surface area contributed by atoms with E-state index >= 15 is 0 Å². The van der Waals surface area contributed by atoms with E-state index in [4.69, 9.17) is 4.84 Å². The lowest BCUT2D eigenvalue weighted by molar-refractivity contribution is -0.116. The second kappa shape index (κ2) is 9.88. The Morgan fingerprint density at radius 3 is 2.55 bits per heavy atom. The van der Waals surface area contributed by atoms with Crippen molar-refractivity contribution in [1.29, 1.82) is 0 Å². The number of thioether (sulfide) groups is 1. The highest BCUT2D eigenvalue weighted by molar-refractivity contribution is 7.98. The fraction of sp³-hybridized carbons (Fsp3) is 0.500. The molecule has 0 saturated carbocycles. The largest absolute Gasteiger partial charge is 0.511 e. The molecule has 0 heterocycles. The quantitative estimate of drug-likeness (QED) is 0.207. The van der Waals surface area contributed by atoms with Gasteiger partial charge in [0, 0.05) is 18.9 Å². The highest BCUT2D eigenvalue weighted by atomic mass is 32.2. The fourth-order valence-corrected chi connectivity index (χ4v) is 4.43. The molecule has 2 N–H and O–H groups in total. The zero-order valence-electron chi connectivity index (χ0n) is 17.5. The molecule has 7 nitrogen and oxygen atoms in total. The first kappa shape index (κ1) is 23.6. The van der Waals surface area contributed by atoms with Crippen LogP contribution in [0.3, 0.4) is 0 Å². The zero-order chi connectivity index (χ0) is 21.8. The first-order chi connectivity index (χ1) is 13.7. The second-order valence-corrected chi connectivity index (χ2v) is 9.39. The van der Waals surface area contributed by atoms with E-state index in [1.54, 1.807) is 21.0 Å². The maximum atomic E-state index is 12.8. The van der Waals surface area contributed by atoms with Crippen LogP contribution in [0.5, 0.6) is 0 Å². The Morgan fingerprint density at radius 2 is 2.03 bits per heavy atom. The van der Waals surface area contributed by atoms with Crippen molar-refractivity contribution < 1.29 is 23.5 Å². The molecule has 0 fully saturated rings. The predicted octanol–water partition coefficient (Wildman–Crippen LogP) is 4.17. The molecule has 0 radical (unpaired) electrons. The molecule has 2 unspecified atom stereocenters. The van der Waals surface area contributed by atoms with Crippen LogP contribution in [0.25, 0.3) is 0 Å². The summed E-state index contributed by atoms with van der Waals surface area (Å²) >= 11 is -0.619. The monoisotopic (exact) mass is 441 g/mol. The van der Waals surface area contributed by atoms with Gasteiger partial charge >= 0.3 is 11.3 Å². The van der Waals surface area contributed by atoms with Crippen LogP contribution in [0.1, 0.15) is 44.6 Å². The number of benzene rings is 1.